The molecule has 0 spiro atoms. The molecule has 0 saturated heterocycles. The highest BCUT2D eigenvalue weighted by molar-refractivity contribution is 5.82. The summed E-state index contributed by atoms with van der Waals surface area (Å²) in [6.45, 7) is 6.45. The van der Waals surface area contributed by atoms with Crippen LogP contribution >= 0.6 is 0 Å². The molecule has 0 fully saturated rings. The van der Waals surface area contributed by atoms with Gasteiger partial charge in [0, 0.05) is 24.6 Å². The first-order valence-corrected chi connectivity index (χ1v) is 6.44. The summed E-state index contributed by atoms with van der Waals surface area (Å²) in [5.74, 6) is 1.16. The lowest BCUT2D eigenvalue weighted by Crippen LogP contribution is -2.34. The molecular weight excluding hydrogens is 242 g/mol. The van der Waals surface area contributed by atoms with Crippen molar-refractivity contribution in [3.63, 3.8) is 0 Å². The number of hydrogen-bond acceptors (Lipinski definition) is 4. The number of para-hydroxylation sites is 1. The molecule has 0 aromatic heterocycles. The number of hydrogen-bond donors (Lipinski definition) is 2. The Balaban J connectivity index is 2.71. The molecule has 1 unspecified atom stereocenters. The van der Waals surface area contributed by atoms with Crippen molar-refractivity contribution >= 4 is 5.84 Å². The zero-order valence-corrected chi connectivity index (χ0v) is 11.8. The van der Waals surface area contributed by atoms with Crippen molar-refractivity contribution in [2.45, 2.75) is 20.4 Å². The highest BCUT2D eigenvalue weighted by Crippen LogP contribution is 2.19. The van der Waals surface area contributed by atoms with E-state index in [-0.39, 0.29) is 11.8 Å². The number of rotatable bonds is 7. The molecule has 0 bridgehead atoms. The van der Waals surface area contributed by atoms with Crippen LogP contribution in [0.3, 0.4) is 0 Å². The Morgan fingerprint density at radius 1 is 1.47 bits per heavy atom. The first kappa shape index (κ1) is 15.3. The van der Waals surface area contributed by atoms with Crippen LogP contribution in [-0.4, -0.2) is 36.1 Å². The lowest BCUT2D eigenvalue weighted by atomic mass is 10.1. The largest absolute Gasteiger partial charge is 0.496 e. The van der Waals surface area contributed by atoms with Crippen LogP contribution in [0.1, 0.15) is 19.4 Å². The summed E-state index contributed by atoms with van der Waals surface area (Å²) in [5.41, 5.74) is 6.76. The first-order chi connectivity index (χ1) is 9.12. The van der Waals surface area contributed by atoms with E-state index >= 15 is 0 Å². The summed E-state index contributed by atoms with van der Waals surface area (Å²) in [7, 11) is 1.67. The maximum absolute atomic E-state index is 8.69. The van der Waals surface area contributed by atoms with E-state index in [1.807, 2.05) is 25.1 Å². The summed E-state index contributed by atoms with van der Waals surface area (Å²) in [4.78, 5) is 2.24. The van der Waals surface area contributed by atoms with Gasteiger partial charge in [-0.1, -0.05) is 37.2 Å². The average Bonchev–Trinajstić information content (AvgIpc) is 2.45. The van der Waals surface area contributed by atoms with Crippen LogP contribution in [0.4, 0.5) is 0 Å². The smallest absolute Gasteiger partial charge is 0.143 e. The quantitative estimate of drug-likeness (QED) is 0.342. The number of benzene rings is 1. The highest BCUT2D eigenvalue weighted by atomic mass is 16.5. The third kappa shape index (κ3) is 4.44. The summed E-state index contributed by atoms with van der Waals surface area (Å²) >= 11 is 0. The zero-order chi connectivity index (χ0) is 14.3. The fourth-order valence-corrected chi connectivity index (χ4v) is 1.96. The van der Waals surface area contributed by atoms with Gasteiger partial charge in [-0.05, 0) is 12.6 Å². The SMILES string of the molecule is CCN(Cc1ccccc1OC)CC(C)C(N)=NO. The maximum Gasteiger partial charge on any atom is 0.143 e. The molecule has 1 aromatic rings. The van der Waals surface area contributed by atoms with Gasteiger partial charge in [0.25, 0.3) is 0 Å². The summed E-state index contributed by atoms with van der Waals surface area (Å²) < 4.78 is 5.35. The molecule has 1 atom stereocenters. The Morgan fingerprint density at radius 3 is 2.74 bits per heavy atom. The van der Waals surface area contributed by atoms with Gasteiger partial charge in [0.15, 0.2) is 0 Å². The molecule has 3 N–H and O–H groups in total. The molecule has 106 valence electrons. The van der Waals surface area contributed by atoms with E-state index < -0.39 is 0 Å². The Hall–Kier alpha value is -1.75. The van der Waals surface area contributed by atoms with E-state index in [1.165, 1.54) is 0 Å². The molecule has 0 saturated carbocycles. The van der Waals surface area contributed by atoms with Crippen LogP contribution in [0.2, 0.25) is 0 Å². The van der Waals surface area contributed by atoms with Crippen LogP contribution in [0.25, 0.3) is 0 Å². The first-order valence-electron chi connectivity index (χ1n) is 6.44. The van der Waals surface area contributed by atoms with Crippen molar-refractivity contribution < 1.29 is 9.94 Å². The number of methoxy groups -OCH3 is 1. The van der Waals surface area contributed by atoms with Crippen LogP contribution in [-0.2, 0) is 6.54 Å². The molecule has 5 nitrogen and oxygen atoms in total. The topological polar surface area (TPSA) is 71.1 Å². The second-order valence-corrected chi connectivity index (χ2v) is 4.57. The standard InChI is InChI=1S/C14H23N3O2/c1-4-17(9-11(2)14(15)16-18)10-12-7-5-6-8-13(12)19-3/h5-8,11,18H,4,9-10H2,1-3H3,(H2,15,16). The Kier molecular flexibility index (Phi) is 6.15. The fraction of sp³-hybridized carbons (Fsp3) is 0.500. The molecular formula is C14H23N3O2. The normalized spacial score (nSPS) is 13.6. The monoisotopic (exact) mass is 265 g/mol. The van der Waals surface area contributed by atoms with Gasteiger partial charge < -0.3 is 15.7 Å². The molecule has 19 heavy (non-hydrogen) atoms. The fourth-order valence-electron chi connectivity index (χ4n) is 1.96. The molecule has 5 heteroatoms. The van der Waals surface area contributed by atoms with Gasteiger partial charge in [-0.2, -0.15) is 0 Å². The molecule has 1 aromatic carbocycles. The summed E-state index contributed by atoms with van der Waals surface area (Å²) in [6.07, 6.45) is 0. The van der Waals surface area contributed by atoms with Gasteiger partial charge in [0.05, 0.1) is 7.11 Å². The predicted octanol–water partition coefficient (Wildman–Crippen LogP) is 1.90. The van der Waals surface area contributed by atoms with Gasteiger partial charge in [-0.3, -0.25) is 4.90 Å². The Bertz CT molecular complexity index is 421. The highest BCUT2D eigenvalue weighted by Gasteiger charge is 2.14. The second-order valence-electron chi connectivity index (χ2n) is 4.57. The summed E-state index contributed by atoms with van der Waals surface area (Å²) in [5, 5.41) is 11.7. The van der Waals surface area contributed by atoms with Crippen molar-refractivity contribution in [3.05, 3.63) is 29.8 Å². The molecule has 1 rings (SSSR count). The van der Waals surface area contributed by atoms with Crippen LogP contribution in [0, 0.1) is 5.92 Å². The van der Waals surface area contributed by atoms with Crippen LogP contribution in [0.15, 0.2) is 29.4 Å². The number of ether oxygens (including phenoxy) is 1. The predicted molar refractivity (Wildman–Crippen MR) is 76.5 cm³/mol. The molecule has 0 heterocycles. The van der Waals surface area contributed by atoms with E-state index in [0.717, 1.165) is 30.9 Å². The van der Waals surface area contributed by atoms with Crippen molar-refractivity contribution in [1.82, 2.24) is 4.90 Å². The number of nitrogens with zero attached hydrogens (tertiary/aromatic N) is 2. The van der Waals surface area contributed by atoms with Crippen molar-refractivity contribution in [3.8, 4) is 5.75 Å². The van der Waals surface area contributed by atoms with Gasteiger partial charge in [-0.25, -0.2) is 0 Å². The van der Waals surface area contributed by atoms with E-state index in [2.05, 4.69) is 23.0 Å². The van der Waals surface area contributed by atoms with E-state index in [0.29, 0.717) is 0 Å². The molecule has 0 radical (unpaired) electrons. The molecule has 0 aliphatic carbocycles. The maximum atomic E-state index is 8.69. The lowest BCUT2D eigenvalue weighted by Gasteiger charge is -2.24. The molecule has 0 amide bonds. The molecule has 0 aliphatic heterocycles. The third-order valence-corrected chi connectivity index (χ3v) is 3.19. The average molecular weight is 265 g/mol. The van der Waals surface area contributed by atoms with Crippen LogP contribution in [0.5, 0.6) is 5.75 Å². The second kappa shape index (κ2) is 7.63. The Labute approximate surface area is 114 Å². The summed E-state index contributed by atoms with van der Waals surface area (Å²) in [6, 6.07) is 7.96. The number of oxime groups is 1. The van der Waals surface area contributed by atoms with Crippen molar-refractivity contribution in [2.24, 2.45) is 16.8 Å². The minimum Gasteiger partial charge on any atom is -0.496 e. The van der Waals surface area contributed by atoms with Gasteiger partial charge in [0.2, 0.25) is 0 Å². The third-order valence-electron chi connectivity index (χ3n) is 3.19. The van der Waals surface area contributed by atoms with Crippen LogP contribution < -0.4 is 10.5 Å². The van der Waals surface area contributed by atoms with Gasteiger partial charge in [0.1, 0.15) is 11.6 Å². The Morgan fingerprint density at radius 2 is 2.16 bits per heavy atom. The minimum absolute atomic E-state index is 0.0136. The van der Waals surface area contributed by atoms with Gasteiger partial charge in [-0.15, -0.1) is 0 Å². The minimum atomic E-state index is 0.0136. The van der Waals surface area contributed by atoms with Crippen molar-refractivity contribution in [1.29, 1.82) is 0 Å². The number of nitrogens with two attached hydrogens (primary N) is 1. The zero-order valence-electron chi connectivity index (χ0n) is 11.8. The van der Waals surface area contributed by atoms with E-state index in [9.17, 15) is 0 Å². The lowest BCUT2D eigenvalue weighted by molar-refractivity contribution is 0.254. The number of amidine groups is 1. The van der Waals surface area contributed by atoms with Gasteiger partial charge >= 0.3 is 0 Å². The van der Waals surface area contributed by atoms with E-state index in [4.69, 9.17) is 15.7 Å². The van der Waals surface area contributed by atoms with E-state index in [1.54, 1.807) is 7.11 Å². The van der Waals surface area contributed by atoms with Crippen molar-refractivity contribution in [2.75, 3.05) is 20.2 Å². The molecule has 0 aliphatic rings.